The third kappa shape index (κ3) is 7.84. The van der Waals surface area contributed by atoms with Gasteiger partial charge >= 0.3 is 5.97 Å². The topological polar surface area (TPSA) is 54.0 Å². The summed E-state index contributed by atoms with van der Waals surface area (Å²) in [5, 5.41) is 2.17. The van der Waals surface area contributed by atoms with E-state index in [0.29, 0.717) is 6.61 Å². The number of benzene rings is 4. The molecule has 6 heteroatoms. The number of hydrogen-bond acceptors (Lipinski definition) is 5. The van der Waals surface area contributed by atoms with E-state index < -0.39 is 14.4 Å². The number of rotatable bonds is 14. The minimum Gasteiger partial charge on any atom is -0.469 e. The average molecular weight is 583 g/mol. The van der Waals surface area contributed by atoms with Crippen molar-refractivity contribution in [1.82, 2.24) is 0 Å². The second-order valence-corrected chi connectivity index (χ2v) is 15.7. The first kappa shape index (κ1) is 31.4. The molecule has 4 aromatic rings. The Morgan fingerprint density at radius 1 is 0.738 bits per heavy atom. The number of esters is 1. The van der Waals surface area contributed by atoms with Crippen molar-refractivity contribution in [3.63, 3.8) is 0 Å². The molecule has 0 radical (unpaired) electrons. The number of carbonyl (C=O) groups excluding carboxylic acids is 1. The van der Waals surface area contributed by atoms with Gasteiger partial charge in [-0.3, -0.25) is 4.79 Å². The lowest BCUT2D eigenvalue weighted by molar-refractivity contribution is -0.145. The van der Waals surface area contributed by atoms with Gasteiger partial charge in [-0.05, 0) is 26.5 Å². The maximum absolute atomic E-state index is 12.7. The summed E-state index contributed by atoms with van der Waals surface area (Å²) >= 11 is 0. The Kier molecular flexibility index (Phi) is 11.3. The molecule has 42 heavy (non-hydrogen) atoms. The fraction of sp³-hybridized carbons (Fsp3) is 0.306. The predicted molar refractivity (Wildman–Crippen MR) is 170 cm³/mol. The lowest BCUT2D eigenvalue weighted by atomic mass is 9.90. The highest BCUT2D eigenvalue weighted by atomic mass is 28.4. The smallest absolute Gasteiger partial charge is 0.306 e. The summed E-state index contributed by atoms with van der Waals surface area (Å²) in [5.74, 6) is -0.592. The molecule has 0 N–H and O–H groups in total. The predicted octanol–water partition coefficient (Wildman–Crippen LogP) is 6.47. The van der Waals surface area contributed by atoms with Crippen LogP contribution in [0, 0.1) is 0 Å². The Bertz CT molecular complexity index is 1300. The number of methoxy groups -OCH3 is 1. The number of hydrogen-bond donors (Lipinski definition) is 0. The summed E-state index contributed by atoms with van der Waals surface area (Å²) in [5.41, 5.74) is 2.05. The van der Waals surface area contributed by atoms with Gasteiger partial charge in [0.15, 0.2) is 0 Å². The summed E-state index contributed by atoms with van der Waals surface area (Å²) in [6, 6.07) is 41.0. The van der Waals surface area contributed by atoms with E-state index >= 15 is 0 Å². The van der Waals surface area contributed by atoms with Crippen molar-refractivity contribution in [2.45, 2.75) is 50.9 Å². The monoisotopic (exact) mass is 582 g/mol. The van der Waals surface area contributed by atoms with Crippen LogP contribution in [-0.4, -0.2) is 40.9 Å². The molecule has 0 aliphatic rings. The lowest BCUT2D eigenvalue weighted by Crippen LogP contribution is -2.67. The largest absolute Gasteiger partial charge is 0.469 e. The average Bonchev–Trinajstić information content (AvgIpc) is 3.02. The van der Waals surface area contributed by atoms with Crippen LogP contribution in [0.4, 0.5) is 0 Å². The second-order valence-electron chi connectivity index (χ2n) is 11.4. The first-order valence-corrected chi connectivity index (χ1v) is 16.4. The van der Waals surface area contributed by atoms with Crippen LogP contribution in [-0.2, 0) is 30.0 Å². The summed E-state index contributed by atoms with van der Waals surface area (Å²) in [4.78, 5) is 12.7. The van der Waals surface area contributed by atoms with Crippen LogP contribution >= 0.6 is 0 Å². The maximum Gasteiger partial charge on any atom is 0.306 e. The summed E-state index contributed by atoms with van der Waals surface area (Å²) in [7, 11) is -1.43. The first-order valence-electron chi connectivity index (χ1n) is 14.4. The summed E-state index contributed by atoms with van der Waals surface area (Å²) in [6.07, 6.45) is -0.308. The van der Waals surface area contributed by atoms with Crippen LogP contribution in [0.3, 0.4) is 0 Å². The van der Waals surface area contributed by atoms with E-state index in [1.54, 1.807) is 0 Å². The van der Waals surface area contributed by atoms with Crippen LogP contribution < -0.4 is 10.4 Å². The normalized spacial score (nSPS) is 13.3. The Balaban J connectivity index is 1.69. The molecule has 220 valence electrons. The zero-order chi connectivity index (χ0) is 29.8. The van der Waals surface area contributed by atoms with Gasteiger partial charge in [-0.2, -0.15) is 0 Å². The Labute approximate surface area is 251 Å². The molecular weight excluding hydrogens is 540 g/mol. The molecule has 0 saturated heterocycles. The van der Waals surface area contributed by atoms with Crippen molar-refractivity contribution in [3.8, 4) is 0 Å². The van der Waals surface area contributed by atoms with Gasteiger partial charge in [0.1, 0.15) is 6.79 Å². The van der Waals surface area contributed by atoms with Crippen molar-refractivity contribution >= 4 is 24.7 Å². The third-order valence-corrected chi connectivity index (χ3v) is 12.7. The van der Waals surface area contributed by atoms with Crippen LogP contribution in [0.25, 0.3) is 0 Å². The van der Waals surface area contributed by atoms with Gasteiger partial charge in [-0.25, -0.2) is 0 Å². The van der Waals surface area contributed by atoms with Gasteiger partial charge in [-0.15, -0.1) is 0 Å². The van der Waals surface area contributed by atoms with Crippen molar-refractivity contribution in [2.75, 3.05) is 20.5 Å². The van der Waals surface area contributed by atoms with Crippen LogP contribution in [0.15, 0.2) is 121 Å². The van der Waals surface area contributed by atoms with Crippen molar-refractivity contribution in [3.05, 3.63) is 132 Å². The molecule has 5 nitrogen and oxygen atoms in total. The number of carbonyl (C=O) groups is 1. The van der Waals surface area contributed by atoms with Crippen LogP contribution in [0.5, 0.6) is 0 Å². The van der Waals surface area contributed by atoms with Gasteiger partial charge in [0.2, 0.25) is 0 Å². The quantitative estimate of drug-likeness (QED) is 0.0738. The minimum atomic E-state index is -2.84. The Hall–Kier alpha value is -3.55. The van der Waals surface area contributed by atoms with Gasteiger partial charge < -0.3 is 18.6 Å². The maximum atomic E-state index is 12.7. The molecule has 0 unspecified atom stereocenters. The number of ether oxygens (including phenoxy) is 3. The Morgan fingerprint density at radius 2 is 1.24 bits per heavy atom. The van der Waals surface area contributed by atoms with Crippen LogP contribution in [0.1, 0.15) is 44.2 Å². The van der Waals surface area contributed by atoms with Gasteiger partial charge in [0.05, 0.1) is 32.8 Å². The highest BCUT2D eigenvalue weighted by Gasteiger charge is 2.50. The molecule has 4 aromatic carbocycles. The van der Waals surface area contributed by atoms with E-state index in [-0.39, 0.29) is 36.7 Å². The minimum absolute atomic E-state index is 0.0637. The highest BCUT2D eigenvalue weighted by Crippen LogP contribution is 2.38. The fourth-order valence-corrected chi connectivity index (χ4v) is 10.1. The third-order valence-electron chi connectivity index (χ3n) is 7.65. The summed E-state index contributed by atoms with van der Waals surface area (Å²) < 4.78 is 24.8. The zero-order valence-electron chi connectivity index (χ0n) is 25.1. The molecule has 0 spiro atoms. The second kappa shape index (κ2) is 15.1. The van der Waals surface area contributed by atoms with E-state index in [4.69, 9.17) is 18.6 Å². The Morgan fingerprint density at radius 3 is 1.74 bits per heavy atom. The van der Waals surface area contributed by atoms with E-state index in [2.05, 4.69) is 69.3 Å². The molecule has 0 amide bonds. The molecule has 0 aromatic heterocycles. The fourth-order valence-electron chi connectivity index (χ4n) is 5.55. The van der Waals surface area contributed by atoms with Crippen molar-refractivity contribution in [2.24, 2.45) is 0 Å². The molecule has 4 rings (SSSR count). The van der Waals surface area contributed by atoms with Crippen molar-refractivity contribution in [1.29, 1.82) is 0 Å². The molecule has 0 aliphatic heterocycles. The molecule has 0 fully saturated rings. The van der Waals surface area contributed by atoms with E-state index in [9.17, 15) is 4.79 Å². The first-order chi connectivity index (χ1) is 20.3. The molecule has 2 atom stereocenters. The molecule has 0 saturated carbocycles. The molecule has 0 bridgehead atoms. The van der Waals surface area contributed by atoms with Gasteiger partial charge in [-0.1, -0.05) is 142 Å². The highest BCUT2D eigenvalue weighted by molar-refractivity contribution is 6.99. The van der Waals surface area contributed by atoms with Crippen molar-refractivity contribution < 1.29 is 23.4 Å². The van der Waals surface area contributed by atoms with E-state index in [1.807, 2.05) is 72.8 Å². The molecular formula is C36H42O5Si. The zero-order valence-corrected chi connectivity index (χ0v) is 26.1. The summed E-state index contributed by atoms with van der Waals surface area (Å²) in [6.45, 7) is 7.52. The van der Waals surface area contributed by atoms with Gasteiger partial charge in [0, 0.05) is 5.92 Å². The van der Waals surface area contributed by atoms with E-state index in [0.717, 1.165) is 11.1 Å². The lowest BCUT2D eigenvalue weighted by Gasteiger charge is -2.44. The molecule has 0 aliphatic carbocycles. The van der Waals surface area contributed by atoms with Crippen LogP contribution in [0.2, 0.25) is 5.04 Å². The standard InChI is InChI=1S/C36H42O5Si/c1-36(2,3)42(31-21-13-7-14-22-31,32-23-15-8-16-24-32)41-27-34(40-28-39-26-29-17-9-5-10-18-29)33(25-35(37)38-4)30-19-11-6-12-20-30/h5-24,33-34H,25-28H2,1-4H3/t33-,34-/m1/s1. The van der Waals surface area contributed by atoms with Gasteiger partial charge in [0.25, 0.3) is 8.32 Å². The molecule has 0 heterocycles. The SMILES string of the molecule is COC(=O)C[C@H](c1ccccc1)[C@@H](CO[Si](c1ccccc1)(c1ccccc1)C(C)(C)C)OCOCc1ccccc1. The van der Waals surface area contributed by atoms with E-state index in [1.165, 1.54) is 17.5 Å².